The molecule has 3 unspecified atom stereocenters. The van der Waals surface area contributed by atoms with Crippen molar-refractivity contribution in [1.82, 2.24) is 0 Å². The molecule has 116 valence electrons. The second-order valence-electron chi connectivity index (χ2n) is 8.53. The third-order valence-electron chi connectivity index (χ3n) is 7.99. The van der Waals surface area contributed by atoms with Crippen molar-refractivity contribution < 1.29 is 4.79 Å². The molecule has 0 N–H and O–H groups in total. The van der Waals surface area contributed by atoms with Crippen LogP contribution in [-0.2, 0) is 4.79 Å². The van der Waals surface area contributed by atoms with Crippen molar-refractivity contribution in [3.63, 3.8) is 0 Å². The van der Waals surface area contributed by atoms with E-state index in [2.05, 4.69) is 13.8 Å². The summed E-state index contributed by atoms with van der Waals surface area (Å²) in [6.45, 7) is 5.02. The van der Waals surface area contributed by atoms with E-state index in [0.29, 0.717) is 11.2 Å². The highest BCUT2D eigenvalue weighted by Gasteiger charge is 2.55. The van der Waals surface area contributed by atoms with Gasteiger partial charge in [0.15, 0.2) is 5.78 Å². The lowest BCUT2D eigenvalue weighted by molar-refractivity contribution is -0.116. The highest BCUT2D eigenvalue weighted by molar-refractivity contribution is 5.91. The maximum atomic E-state index is 11.7. The number of hydrogen-bond acceptors (Lipinski definition) is 1. The molecule has 0 radical (unpaired) electrons. The summed E-state index contributed by atoms with van der Waals surface area (Å²) in [7, 11) is 0. The molecule has 4 aliphatic rings. The SMILES string of the molecule is CC[C@H]1CCC2C3CCC4=CC(=O)CC[C@@H]4C3CC[C@@]21C. The van der Waals surface area contributed by atoms with E-state index >= 15 is 0 Å². The van der Waals surface area contributed by atoms with Gasteiger partial charge in [0.25, 0.3) is 0 Å². The third kappa shape index (κ3) is 1.99. The Morgan fingerprint density at radius 2 is 1.95 bits per heavy atom. The second-order valence-corrected chi connectivity index (χ2v) is 8.53. The van der Waals surface area contributed by atoms with Crippen LogP contribution in [0.2, 0.25) is 0 Å². The lowest BCUT2D eigenvalue weighted by Crippen LogP contribution is -2.46. The molecule has 21 heavy (non-hydrogen) atoms. The molecule has 3 fully saturated rings. The van der Waals surface area contributed by atoms with Crippen molar-refractivity contribution in [3.8, 4) is 0 Å². The van der Waals surface area contributed by atoms with Crippen LogP contribution in [0.4, 0.5) is 0 Å². The zero-order chi connectivity index (χ0) is 14.6. The maximum absolute atomic E-state index is 11.7. The van der Waals surface area contributed by atoms with Crippen LogP contribution in [0.3, 0.4) is 0 Å². The van der Waals surface area contributed by atoms with Gasteiger partial charge in [-0.1, -0.05) is 25.8 Å². The van der Waals surface area contributed by atoms with Crippen LogP contribution in [0.5, 0.6) is 0 Å². The van der Waals surface area contributed by atoms with Crippen LogP contribution in [0.25, 0.3) is 0 Å². The van der Waals surface area contributed by atoms with Crippen LogP contribution in [-0.4, -0.2) is 5.78 Å². The fourth-order valence-corrected chi connectivity index (χ4v) is 6.96. The number of hydrogen-bond donors (Lipinski definition) is 0. The van der Waals surface area contributed by atoms with Gasteiger partial charge >= 0.3 is 0 Å². The molecule has 0 bridgehead atoms. The number of carbonyl (C=O) groups is 1. The zero-order valence-electron chi connectivity index (χ0n) is 13.7. The minimum Gasteiger partial charge on any atom is -0.295 e. The van der Waals surface area contributed by atoms with Gasteiger partial charge in [0.2, 0.25) is 0 Å². The van der Waals surface area contributed by atoms with Crippen LogP contribution in [0.1, 0.15) is 71.6 Å². The molecule has 1 nitrogen and oxygen atoms in total. The van der Waals surface area contributed by atoms with Crippen LogP contribution >= 0.6 is 0 Å². The largest absolute Gasteiger partial charge is 0.295 e. The van der Waals surface area contributed by atoms with Crippen molar-refractivity contribution in [1.29, 1.82) is 0 Å². The predicted octanol–water partition coefficient (Wildman–Crippen LogP) is 5.15. The Hall–Kier alpha value is -0.590. The standard InChI is InChI=1S/C20H30O/c1-3-14-5-9-19-18-7-4-13-12-15(21)6-8-16(13)17(18)10-11-20(14,19)2/h12,14,16-19H,3-11H2,1-2H3/t14-,16-,17?,18?,19?,20+/m0/s1. The molecule has 0 saturated heterocycles. The fraction of sp³-hybridized carbons (Fsp3) is 0.850. The van der Waals surface area contributed by atoms with Gasteiger partial charge in [0, 0.05) is 6.42 Å². The Morgan fingerprint density at radius 1 is 1.10 bits per heavy atom. The molecule has 4 rings (SSSR count). The molecule has 0 amide bonds. The number of ketones is 1. The molecule has 6 atom stereocenters. The van der Waals surface area contributed by atoms with Gasteiger partial charge in [-0.05, 0) is 86.0 Å². The lowest BCUT2D eigenvalue weighted by atomic mass is 9.51. The van der Waals surface area contributed by atoms with Crippen molar-refractivity contribution in [3.05, 3.63) is 11.6 Å². The van der Waals surface area contributed by atoms with E-state index in [4.69, 9.17) is 0 Å². The van der Waals surface area contributed by atoms with Gasteiger partial charge in [0.1, 0.15) is 0 Å². The summed E-state index contributed by atoms with van der Waals surface area (Å²) in [5.74, 6) is 5.01. The van der Waals surface area contributed by atoms with E-state index in [1.165, 1.54) is 50.5 Å². The Bertz CT molecular complexity index is 476. The number of fused-ring (bicyclic) bond motifs is 5. The van der Waals surface area contributed by atoms with Gasteiger partial charge in [-0.15, -0.1) is 0 Å². The summed E-state index contributed by atoms with van der Waals surface area (Å²) >= 11 is 0. The Kier molecular flexibility index (Phi) is 3.32. The summed E-state index contributed by atoms with van der Waals surface area (Å²) in [5.41, 5.74) is 2.17. The zero-order valence-corrected chi connectivity index (χ0v) is 13.7. The molecule has 0 spiro atoms. The maximum Gasteiger partial charge on any atom is 0.155 e. The first kappa shape index (κ1) is 14.0. The summed E-state index contributed by atoms with van der Waals surface area (Å²) in [6, 6.07) is 0. The third-order valence-corrected chi connectivity index (χ3v) is 7.99. The first-order valence-corrected chi connectivity index (χ1v) is 9.36. The lowest BCUT2D eigenvalue weighted by Gasteiger charge is -2.54. The van der Waals surface area contributed by atoms with E-state index < -0.39 is 0 Å². The van der Waals surface area contributed by atoms with Gasteiger partial charge in [0.05, 0.1) is 0 Å². The fourth-order valence-electron chi connectivity index (χ4n) is 6.96. The minimum atomic E-state index is 0.396. The molecule has 0 heterocycles. The van der Waals surface area contributed by atoms with Crippen molar-refractivity contribution in [2.24, 2.45) is 35.0 Å². The first-order chi connectivity index (χ1) is 10.1. The number of rotatable bonds is 1. The van der Waals surface area contributed by atoms with Crippen LogP contribution < -0.4 is 0 Å². The topological polar surface area (TPSA) is 17.1 Å². The summed E-state index contributed by atoms with van der Waals surface area (Å²) in [5, 5.41) is 0. The van der Waals surface area contributed by atoms with Gasteiger partial charge < -0.3 is 0 Å². The molecule has 0 aliphatic heterocycles. The Labute approximate surface area is 129 Å². The van der Waals surface area contributed by atoms with E-state index in [0.717, 1.165) is 42.4 Å². The van der Waals surface area contributed by atoms with Gasteiger partial charge in [-0.25, -0.2) is 0 Å². The minimum absolute atomic E-state index is 0.396. The Balaban J connectivity index is 1.61. The van der Waals surface area contributed by atoms with Crippen LogP contribution in [0.15, 0.2) is 11.6 Å². The first-order valence-electron chi connectivity index (χ1n) is 9.36. The average Bonchev–Trinajstić information content (AvgIpc) is 2.83. The van der Waals surface area contributed by atoms with Gasteiger partial charge in [-0.2, -0.15) is 0 Å². The normalized spacial score (nSPS) is 49.1. The smallest absolute Gasteiger partial charge is 0.155 e. The van der Waals surface area contributed by atoms with Gasteiger partial charge in [-0.3, -0.25) is 4.79 Å². The Morgan fingerprint density at radius 3 is 2.76 bits per heavy atom. The molecule has 4 aliphatic carbocycles. The monoisotopic (exact) mass is 286 g/mol. The average molecular weight is 286 g/mol. The van der Waals surface area contributed by atoms with E-state index in [1.807, 2.05) is 6.08 Å². The van der Waals surface area contributed by atoms with E-state index in [1.54, 1.807) is 0 Å². The number of allylic oxidation sites excluding steroid dienone is 1. The highest BCUT2D eigenvalue weighted by Crippen LogP contribution is 2.64. The van der Waals surface area contributed by atoms with Crippen LogP contribution in [0, 0.1) is 35.0 Å². The molecule has 1 heteroatoms. The predicted molar refractivity (Wildman–Crippen MR) is 85.9 cm³/mol. The molecule has 0 aromatic rings. The molecular weight excluding hydrogens is 256 g/mol. The molecule has 3 saturated carbocycles. The molecule has 0 aromatic carbocycles. The summed E-state index contributed by atoms with van der Waals surface area (Å²) in [6.07, 6.45) is 13.8. The molecular formula is C20H30O. The summed E-state index contributed by atoms with van der Waals surface area (Å²) < 4.78 is 0. The highest BCUT2D eigenvalue weighted by atomic mass is 16.1. The van der Waals surface area contributed by atoms with E-state index in [-0.39, 0.29) is 0 Å². The quantitative estimate of drug-likeness (QED) is 0.651. The molecule has 0 aromatic heterocycles. The van der Waals surface area contributed by atoms with Crippen molar-refractivity contribution in [2.45, 2.75) is 71.6 Å². The van der Waals surface area contributed by atoms with Crippen molar-refractivity contribution >= 4 is 5.78 Å². The van der Waals surface area contributed by atoms with Crippen molar-refractivity contribution in [2.75, 3.05) is 0 Å². The summed E-state index contributed by atoms with van der Waals surface area (Å²) in [4.78, 5) is 11.7. The second kappa shape index (κ2) is 4.96. The number of carbonyl (C=O) groups excluding carboxylic acids is 1. The van der Waals surface area contributed by atoms with E-state index in [9.17, 15) is 4.79 Å².